The highest BCUT2D eigenvalue weighted by Crippen LogP contribution is 2.14. The van der Waals surface area contributed by atoms with Gasteiger partial charge in [-0.05, 0) is 27.7 Å². The van der Waals surface area contributed by atoms with Crippen molar-refractivity contribution in [2.24, 2.45) is 0 Å². The molecule has 0 saturated carbocycles. The van der Waals surface area contributed by atoms with Crippen LogP contribution >= 0.6 is 0 Å². The summed E-state index contributed by atoms with van der Waals surface area (Å²) in [6, 6.07) is -0.792. The highest BCUT2D eigenvalue weighted by molar-refractivity contribution is 5.76. The Balaban J connectivity index is 2.67. The summed E-state index contributed by atoms with van der Waals surface area (Å²) in [5.74, 6) is -0.953. The first kappa shape index (κ1) is 13.8. The van der Waals surface area contributed by atoms with E-state index >= 15 is 0 Å². The zero-order valence-corrected chi connectivity index (χ0v) is 10.7. The van der Waals surface area contributed by atoms with E-state index in [9.17, 15) is 9.59 Å². The molecule has 0 aromatic heterocycles. The molecule has 17 heavy (non-hydrogen) atoms. The Morgan fingerprint density at radius 3 is 2.47 bits per heavy atom. The number of nitrogens with zero attached hydrogens (tertiary/aromatic N) is 1. The number of piperazine rings is 1. The average Bonchev–Trinajstić information content (AvgIpc) is 2.14. The largest absolute Gasteiger partial charge is 0.480 e. The van der Waals surface area contributed by atoms with Gasteiger partial charge in [-0.2, -0.15) is 0 Å². The van der Waals surface area contributed by atoms with Gasteiger partial charge in [0.05, 0.1) is 6.54 Å². The second-order valence-corrected chi connectivity index (χ2v) is 5.28. The van der Waals surface area contributed by atoms with Crippen molar-refractivity contribution in [3.8, 4) is 0 Å². The summed E-state index contributed by atoms with van der Waals surface area (Å²) in [4.78, 5) is 24.2. The Hall–Kier alpha value is -1.30. The van der Waals surface area contributed by atoms with Crippen LogP contribution in [0.3, 0.4) is 0 Å². The molecule has 1 aliphatic rings. The predicted octanol–water partition coefficient (Wildman–Crippen LogP) is 0.668. The quantitative estimate of drug-likeness (QED) is 0.708. The van der Waals surface area contributed by atoms with E-state index in [2.05, 4.69) is 5.32 Å². The Morgan fingerprint density at radius 2 is 2.00 bits per heavy atom. The summed E-state index contributed by atoms with van der Waals surface area (Å²) in [5, 5.41) is 11.8. The third-order valence-corrected chi connectivity index (χ3v) is 2.50. The Bertz CT molecular complexity index is 311. The fourth-order valence-electron chi connectivity index (χ4n) is 1.60. The van der Waals surface area contributed by atoms with Crippen LogP contribution in [0.15, 0.2) is 0 Å². The maximum absolute atomic E-state index is 11.9. The lowest BCUT2D eigenvalue weighted by atomic mass is 10.1. The van der Waals surface area contributed by atoms with Crippen LogP contribution in [0.4, 0.5) is 4.79 Å². The number of carboxylic acid groups (broad SMARTS) is 1. The van der Waals surface area contributed by atoms with Gasteiger partial charge < -0.3 is 20.1 Å². The third-order valence-electron chi connectivity index (χ3n) is 2.50. The number of hydrogen-bond acceptors (Lipinski definition) is 4. The molecule has 1 fully saturated rings. The van der Waals surface area contributed by atoms with E-state index in [0.29, 0.717) is 6.54 Å². The Labute approximate surface area is 101 Å². The van der Waals surface area contributed by atoms with Crippen LogP contribution in [-0.4, -0.2) is 52.8 Å². The minimum Gasteiger partial charge on any atom is -0.480 e. The molecule has 1 saturated heterocycles. The van der Waals surface area contributed by atoms with Crippen LogP contribution in [0.2, 0.25) is 0 Å². The standard InChI is InChI=1S/C11H20N2O4/c1-7-5-12-8(9(14)15)6-13(7)10(16)17-11(2,3)4/h7-8,12H,5-6H2,1-4H3,(H,14,15). The number of amides is 1. The van der Waals surface area contributed by atoms with Gasteiger partial charge in [-0.15, -0.1) is 0 Å². The summed E-state index contributed by atoms with van der Waals surface area (Å²) < 4.78 is 5.24. The normalized spacial score (nSPS) is 25.5. The summed E-state index contributed by atoms with van der Waals surface area (Å²) in [5.41, 5.74) is -0.569. The minimum atomic E-state index is -0.953. The number of rotatable bonds is 1. The average molecular weight is 244 g/mol. The lowest BCUT2D eigenvalue weighted by Gasteiger charge is -2.37. The lowest BCUT2D eigenvalue weighted by Crippen LogP contribution is -2.60. The molecule has 0 radical (unpaired) electrons. The molecular formula is C11H20N2O4. The molecule has 0 aliphatic carbocycles. The lowest BCUT2D eigenvalue weighted by molar-refractivity contribution is -0.140. The molecular weight excluding hydrogens is 224 g/mol. The van der Waals surface area contributed by atoms with E-state index in [1.165, 1.54) is 4.90 Å². The van der Waals surface area contributed by atoms with Crippen LogP contribution in [0.1, 0.15) is 27.7 Å². The van der Waals surface area contributed by atoms with Gasteiger partial charge in [0.25, 0.3) is 0 Å². The maximum atomic E-state index is 11.9. The second kappa shape index (κ2) is 4.91. The summed E-state index contributed by atoms with van der Waals surface area (Å²) in [6.07, 6.45) is -0.460. The molecule has 98 valence electrons. The van der Waals surface area contributed by atoms with Crippen molar-refractivity contribution in [3.63, 3.8) is 0 Å². The summed E-state index contributed by atoms with van der Waals surface area (Å²) in [6.45, 7) is 7.79. The second-order valence-electron chi connectivity index (χ2n) is 5.28. The highest BCUT2D eigenvalue weighted by atomic mass is 16.6. The van der Waals surface area contributed by atoms with Crippen LogP contribution < -0.4 is 5.32 Å². The number of nitrogens with one attached hydrogen (secondary N) is 1. The number of carbonyl (C=O) groups excluding carboxylic acids is 1. The molecule has 0 aromatic rings. The molecule has 2 N–H and O–H groups in total. The number of ether oxygens (including phenoxy) is 1. The molecule has 2 atom stereocenters. The van der Waals surface area contributed by atoms with Gasteiger partial charge in [-0.3, -0.25) is 4.79 Å². The first-order valence-corrected chi connectivity index (χ1v) is 5.66. The van der Waals surface area contributed by atoms with Crippen molar-refractivity contribution < 1.29 is 19.4 Å². The predicted molar refractivity (Wildman–Crippen MR) is 61.8 cm³/mol. The van der Waals surface area contributed by atoms with Gasteiger partial charge in [0.1, 0.15) is 11.6 Å². The number of carboxylic acids is 1. The van der Waals surface area contributed by atoms with E-state index in [-0.39, 0.29) is 12.6 Å². The first-order valence-electron chi connectivity index (χ1n) is 5.66. The van der Waals surface area contributed by atoms with E-state index in [1.807, 2.05) is 6.92 Å². The zero-order valence-electron chi connectivity index (χ0n) is 10.7. The fourth-order valence-corrected chi connectivity index (χ4v) is 1.60. The minimum absolute atomic E-state index is 0.0690. The van der Waals surface area contributed by atoms with Crippen LogP contribution in [0.25, 0.3) is 0 Å². The molecule has 0 spiro atoms. The van der Waals surface area contributed by atoms with Gasteiger partial charge in [0, 0.05) is 12.6 Å². The van der Waals surface area contributed by atoms with Gasteiger partial charge in [-0.25, -0.2) is 4.79 Å². The molecule has 1 heterocycles. The summed E-state index contributed by atoms with van der Waals surface area (Å²) in [7, 11) is 0. The van der Waals surface area contributed by atoms with Crippen molar-refractivity contribution in [2.75, 3.05) is 13.1 Å². The highest BCUT2D eigenvalue weighted by Gasteiger charge is 2.34. The van der Waals surface area contributed by atoms with Crippen LogP contribution in [0, 0.1) is 0 Å². The topological polar surface area (TPSA) is 78.9 Å². The molecule has 1 rings (SSSR count). The zero-order chi connectivity index (χ0) is 13.2. The van der Waals surface area contributed by atoms with Gasteiger partial charge in [-0.1, -0.05) is 0 Å². The third kappa shape index (κ3) is 3.89. The van der Waals surface area contributed by atoms with Crippen molar-refractivity contribution in [1.82, 2.24) is 10.2 Å². The summed E-state index contributed by atoms with van der Waals surface area (Å²) >= 11 is 0. The fraction of sp³-hybridized carbons (Fsp3) is 0.818. The molecule has 0 aromatic carbocycles. The molecule has 6 heteroatoms. The molecule has 2 unspecified atom stereocenters. The van der Waals surface area contributed by atoms with E-state index in [4.69, 9.17) is 9.84 Å². The molecule has 1 aliphatic heterocycles. The van der Waals surface area contributed by atoms with Gasteiger partial charge in [0.15, 0.2) is 0 Å². The van der Waals surface area contributed by atoms with E-state index in [1.54, 1.807) is 20.8 Å². The number of aliphatic carboxylic acids is 1. The SMILES string of the molecule is CC1CNC(C(=O)O)CN1C(=O)OC(C)(C)C. The van der Waals surface area contributed by atoms with Gasteiger partial charge >= 0.3 is 12.1 Å². The molecule has 0 bridgehead atoms. The van der Waals surface area contributed by atoms with Gasteiger partial charge in [0.2, 0.25) is 0 Å². The van der Waals surface area contributed by atoms with Crippen molar-refractivity contribution in [3.05, 3.63) is 0 Å². The Kier molecular flexibility index (Phi) is 3.98. The number of hydrogen-bond donors (Lipinski definition) is 2. The maximum Gasteiger partial charge on any atom is 0.410 e. The number of carbonyl (C=O) groups is 2. The van der Waals surface area contributed by atoms with Crippen molar-refractivity contribution in [1.29, 1.82) is 0 Å². The van der Waals surface area contributed by atoms with Crippen molar-refractivity contribution >= 4 is 12.1 Å². The van der Waals surface area contributed by atoms with Crippen molar-refractivity contribution in [2.45, 2.75) is 45.4 Å². The monoisotopic (exact) mass is 244 g/mol. The van der Waals surface area contributed by atoms with Crippen LogP contribution in [0.5, 0.6) is 0 Å². The molecule has 1 amide bonds. The van der Waals surface area contributed by atoms with Crippen LogP contribution in [-0.2, 0) is 9.53 Å². The van der Waals surface area contributed by atoms with E-state index in [0.717, 1.165) is 0 Å². The van der Waals surface area contributed by atoms with E-state index < -0.39 is 23.7 Å². The molecule has 6 nitrogen and oxygen atoms in total. The smallest absolute Gasteiger partial charge is 0.410 e. The Morgan fingerprint density at radius 1 is 1.41 bits per heavy atom. The first-order chi connectivity index (χ1) is 7.70.